The zero-order chi connectivity index (χ0) is 19.1. The lowest BCUT2D eigenvalue weighted by Gasteiger charge is -2.41. The maximum atomic E-state index is 9.55. The number of piperazine rings is 1. The fourth-order valence-corrected chi connectivity index (χ4v) is 3.85. The Labute approximate surface area is 163 Å². The van der Waals surface area contributed by atoms with Crippen molar-refractivity contribution in [2.24, 2.45) is 0 Å². The normalized spacial score (nSPS) is 18.6. The molecule has 0 amide bonds. The molecule has 0 saturated carbocycles. The predicted octanol–water partition coefficient (Wildman–Crippen LogP) is 3.46. The summed E-state index contributed by atoms with van der Waals surface area (Å²) in [6, 6.07) is 17.4. The minimum Gasteiger partial charge on any atom is -0.494 e. The van der Waals surface area contributed by atoms with Gasteiger partial charge >= 0.3 is 0 Å². The Kier molecular flexibility index (Phi) is 7.27. The molecule has 4 heteroatoms. The van der Waals surface area contributed by atoms with Crippen molar-refractivity contribution < 1.29 is 9.84 Å². The smallest absolute Gasteiger partial charge is 0.119 e. The first kappa shape index (κ1) is 19.9. The summed E-state index contributed by atoms with van der Waals surface area (Å²) in [6.07, 6.45) is 0.825. The van der Waals surface area contributed by atoms with Crippen molar-refractivity contribution in [2.75, 3.05) is 32.8 Å². The van der Waals surface area contributed by atoms with Crippen LogP contribution >= 0.6 is 0 Å². The van der Waals surface area contributed by atoms with E-state index >= 15 is 0 Å². The van der Waals surface area contributed by atoms with Crippen molar-refractivity contribution in [3.05, 3.63) is 65.2 Å². The number of hydrogen-bond donors (Lipinski definition) is 1. The van der Waals surface area contributed by atoms with Crippen LogP contribution in [0.4, 0.5) is 0 Å². The highest BCUT2D eigenvalue weighted by Crippen LogP contribution is 2.20. The van der Waals surface area contributed by atoms with Gasteiger partial charge in [-0.3, -0.25) is 9.80 Å². The van der Waals surface area contributed by atoms with Crippen LogP contribution < -0.4 is 4.74 Å². The first-order valence-corrected chi connectivity index (χ1v) is 10.0. The van der Waals surface area contributed by atoms with Crippen LogP contribution in [0, 0.1) is 6.92 Å². The van der Waals surface area contributed by atoms with Crippen LogP contribution in [-0.2, 0) is 13.1 Å². The summed E-state index contributed by atoms with van der Waals surface area (Å²) in [5, 5.41) is 9.55. The molecule has 0 aliphatic carbocycles. The summed E-state index contributed by atoms with van der Waals surface area (Å²) >= 11 is 0. The Morgan fingerprint density at radius 3 is 2.52 bits per heavy atom. The van der Waals surface area contributed by atoms with Crippen LogP contribution in [0.15, 0.2) is 48.5 Å². The molecule has 1 atom stereocenters. The number of ether oxygens (including phenoxy) is 1. The van der Waals surface area contributed by atoms with Gasteiger partial charge < -0.3 is 9.84 Å². The monoisotopic (exact) mass is 368 g/mol. The third-order valence-electron chi connectivity index (χ3n) is 5.43. The van der Waals surface area contributed by atoms with Gasteiger partial charge in [0.2, 0.25) is 0 Å². The fraction of sp³-hybridized carbons (Fsp3) is 0.478. The van der Waals surface area contributed by atoms with Crippen molar-refractivity contribution in [1.82, 2.24) is 9.80 Å². The van der Waals surface area contributed by atoms with Crippen LogP contribution in [0.3, 0.4) is 0 Å². The van der Waals surface area contributed by atoms with Gasteiger partial charge in [0.25, 0.3) is 0 Å². The summed E-state index contributed by atoms with van der Waals surface area (Å²) in [5.74, 6) is 0.933. The van der Waals surface area contributed by atoms with E-state index in [1.54, 1.807) is 0 Å². The molecule has 0 radical (unpaired) electrons. The molecule has 27 heavy (non-hydrogen) atoms. The molecule has 0 spiro atoms. The Morgan fingerprint density at radius 1 is 1.04 bits per heavy atom. The molecule has 3 rings (SSSR count). The molecule has 1 fully saturated rings. The largest absolute Gasteiger partial charge is 0.494 e. The second kappa shape index (κ2) is 9.88. The molecule has 1 aliphatic rings. The predicted molar refractivity (Wildman–Crippen MR) is 110 cm³/mol. The Balaban J connectivity index is 1.60. The summed E-state index contributed by atoms with van der Waals surface area (Å²) in [5.41, 5.74) is 4.05. The van der Waals surface area contributed by atoms with Gasteiger partial charge in [0.15, 0.2) is 0 Å². The molecule has 0 bridgehead atoms. The van der Waals surface area contributed by atoms with E-state index in [2.05, 4.69) is 65.3 Å². The average molecular weight is 369 g/mol. The number of benzene rings is 2. The molecular weight excluding hydrogens is 336 g/mol. The van der Waals surface area contributed by atoms with Crippen LogP contribution in [0.5, 0.6) is 5.75 Å². The summed E-state index contributed by atoms with van der Waals surface area (Å²) in [6.45, 7) is 10.1. The molecule has 146 valence electrons. The van der Waals surface area contributed by atoms with Crippen molar-refractivity contribution in [2.45, 2.75) is 39.4 Å². The van der Waals surface area contributed by atoms with Crippen molar-refractivity contribution in [3.8, 4) is 5.75 Å². The van der Waals surface area contributed by atoms with Gasteiger partial charge in [-0.2, -0.15) is 0 Å². The lowest BCUT2D eigenvalue weighted by atomic mass is 10.0. The van der Waals surface area contributed by atoms with Gasteiger partial charge in [0.1, 0.15) is 5.75 Å². The van der Waals surface area contributed by atoms with Crippen LogP contribution in [0.1, 0.15) is 30.0 Å². The van der Waals surface area contributed by atoms with Gasteiger partial charge in [0.05, 0.1) is 6.61 Å². The lowest BCUT2D eigenvalue weighted by Crippen LogP contribution is -2.52. The molecule has 1 saturated heterocycles. The van der Waals surface area contributed by atoms with E-state index < -0.39 is 0 Å². The number of hydrogen-bond acceptors (Lipinski definition) is 4. The Hall–Kier alpha value is -1.88. The first-order chi connectivity index (χ1) is 13.2. The van der Waals surface area contributed by atoms with Gasteiger partial charge in [-0.05, 0) is 49.1 Å². The molecule has 1 aliphatic heterocycles. The number of aliphatic hydroxyl groups excluding tert-OH is 1. The summed E-state index contributed by atoms with van der Waals surface area (Å²) in [4.78, 5) is 5.04. The number of rotatable bonds is 8. The Morgan fingerprint density at radius 2 is 1.81 bits per heavy atom. The van der Waals surface area contributed by atoms with Crippen molar-refractivity contribution in [3.63, 3.8) is 0 Å². The first-order valence-electron chi connectivity index (χ1n) is 10.0. The highest BCUT2D eigenvalue weighted by molar-refractivity contribution is 5.27. The maximum Gasteiger partial charge on any atom is 0.119 e. The van der Waals surface area contributed by atoms with E-state index in [4.69, 9.17) is 4.74 Å². The zero-order valence-electron chi connectivity index (χ0n) is 16.6. The molecule has 1 N–H and O–H groups in total. The van der Waals surface area contributed by atoms with Crippen LogP contribution in [-0.4, -0.2) is 53.8 Å². The molecule has 2 aromatic carbocycles. The van der Waals surface area contributed by atoms with E-state index in [-0.39, 0.29) is 6.61 Å². The minimum absolute atomic E-state index is 0.242. The molecule has 0 aromatic heterocycles. The molecule has 1 heterocycles. The van der Waals surface area contributed by atoms with Gasteiger partial charge in [-0.15, -0.1) is 0 Å². The maximum absolute atomic E-state index is 9.55. The molecule has 4 nitrogen and oxygen atoms in total. The number of aliphatic hydroxyl groups is 1. The summed E-state index contributed by atoms with van der Waals surface area (Å²) < 4.78 is 5.53. The van der Waals surface area contributed by atoms with Crippen molar-refractivity contribution in [1.29, 1.82) is 0 Å². The molecule has 2 aromatic rings. The molecule has 0 unspecified atom stereocenters. The van der Waals surface area contributed by atoms with Gasteiger partial charge in [-0.1, -0.05) is 36.4 Å². The van der Waals surface area contributed by atoms with Crippen molar-refractivity contribution >= 4 is 0 Å². The van der Waals surface area contributed by atoms with Gasteiger partial charge in [-0.25, -0.2) is 0 Å². The summed E-state index contributed by atoms with van der Waals surface area (Å²) in [7, 11) is 0. The molecular formula is C23H32N2O2. The van der Waals surface area contributed by atoms with E-state index in [9.17, 15) is 5.11 Å². The highest BCUT2D eigenvalue weighted by atomic mass is 16.5. The van der Waals surface area contributed by atoms with E-state index in [1.165, 1.54) is 16.7 Å². The zero-order valence-corrected chi connectivity index (χ0v) is 16.6. The SMILES string of the molecule is CCOc1ccc(CN2CCN(Cc3ccccc3C)[C@H](CCO)C2)cc1. The number of aryl methyl sites for hydroxylation is 1. The standard InChI is InChI=1S/C23H32N2O2/c1-3-27-23-10-8-20(9-11-23)16-24-13-14-25(22(18-24)12-15-26)17-21-7-5-4-6-19(21)2/h4-11,22,26H,3,12-18H2,1-2H3/t22-/m1/s1. The van der Waals surface area contributed by atoms with Gasteiger partial charge in [0, 0.05) is 45.4 Å². The van der Waals surface area contributed by atoms with E-state index in [0.717, 1.165) is 44.9 Å². The quantitative estimate of drug-likeness (QED) is 0.774. The minimum atomic E-state index is 0.242. The fourth-order valence-electron chi connectivity index (χ4n) is 3.85. The second-order valence-corrected chi connectivity index (χ2v) is 7.38. The topological polar surface area (TPSA) is 35.9 Å². The lowest BCUT2D eigenvalue weighted by molar-refractivity contribution is 0.0498. The highest BCUT2D eigenvalue weighted by Gasteiger charge is 2.26. The number of nitrogens with zero attached hydrogens (tertiary/aromatic N) is 2. The van der Waals surface area contributed by atoms with Crippen LogP contribution in [0.25, 0.3) is 0 Å². The second-order valence-electron chi connectivity index (χ2n) is 7.38. The third-order valence-corrected chi connectivity index (χ3v) is 5.43. The van der Waals surface area contributed by atoms with E-state index in [1.807, 2.05) is 6.92 Å². The van der Waals surface area contributed by atoms with E-state index in [0.29, 0.717) is 12.6 Å². The Bertz CT molecular complexity index is 702. The third kappa shape index (κ3) is 5.55. The van der Waals surface area contributed by atoms with Crippen LogP contribution in [0.2, 0.25) is 0 Å². The average Bonchev–Trinajstić information content (AvgIpc) is 2.67.